The van der Waals surface area contributed by atoms with Crippen molar-refractivity contribution in [2.24, 2.45) is 0 Å². The number of anilines is 1. The quantitative estimate of drug-likeness (QED) is 0.702. The molecule has 0 unspecified atom stereocenters. The van der Waals surface area contributed by atoms with Crippen LogP contribution in [0.1, 0.15) is 44.6 Å². The minimum absolute atomic E-state index is 0.0669. The number of aryl methyl sites for hydroxylation is 1. The number of carbonyl (C=O) groups excluding carboxylic acids is 1. The van der Waals surface area contributed by atoms with E-state index in [9.17, 15) is 4.79 Å². The lowest BCUT2D eigenvalue weighted by Crippen LogP contribution is -2.43. The van der Waals surface area contributed by atoms with Crippen molar-refractivity contribution in [2.75, 3.05) is 32.2 Å². The van der Waals surface area contributed by atoms with Gasteiger partial charge in [-0.05, 0) is 45.1 Å². The van der Waals surface area contributed by atoms with Gasteiger partial charge < -0.3 is 19.5 Å². The van der Waals surface area contributed by atoms with Crippen LogP contribution in [0.2, 0.25) is 0 Å². The van der Waals surface area contributed by atoms with Crippen LogP contribution < -0.4 is 10.1 Å². The van der Waals surface area contributed by atoms with E-state index in [-0.39, 0.29) is 5.91 Å². The van der Waals surface area contributed by atoms with Gasteiger partial charge >= 0.3 is 0 Å². The van der Waals surface area contributed by atoms with Crippen molar-refractivity contribution in [1.82, 2.24) is 4.98 Å². The number of hydrogen-bond donors (Lipinski definition) is 1. The SMILES string of the molecule is CCCOC1(C(=O)Nc2cnc(OCCOC)c(C)c2)CCCC1. The molecule has 6 heteroatoms. The fourth-order valence-electron chi connectivity index (χ4n) is 2.93. The van der Waals surface area contributed by atoms with Gasteiger partial charge in [-0.3, -0.25) is 4.79 Å². The maximum atomic E-state index is 12.7. The average Bonchev–Trinajstić information content (AvgIpc) is 3.05. The lowest BCUT2D eigenvalue weighted by molar-refractivity contribution is -0.140. The molecule has 134 valence electrons. The van der Waals surface area contributed by atoms with Crippen molar-refractivity contribution >= 4 is 11.6 Å². The maximum absolute atomic E-state index is 12.7. The number of nitrogens with one attached hydrogen (secondary N) is 1. The number of rotatable bonds is 9. The molecule has 1 heterocycles. The molecule has 6 nitrogen and oxygen atoms in total. The molecule has 1 N–H and O–H groups in total. The summed E-state index contributed by atoms with van der Waals surface area (Å²) in [6.45, 7) is 5.53. The second-order valence-electron chi connectivity index (χ2n) is 6.19. The molecule has 1 fully saturated rings. The third-order valence-corrected chi connectivity index (χ3v) is 4.22. The summed E-state index contributed by atoms with van der Waals surface area (Å²) in [7, 11) is 1.63. The highest BCUT2D eigenvalue weighted by Crippen LogP contribution is 2.34. The minimum atomic E-state index is -0.683. The van der Waals surface area contributed by atoms with Crippen LogP contribution in [-0.2, 0) is 14.3 Å². The molecule has 1 amide bonds. The summed E-state index contributed by atoms with van der Waals surface area (Å²) in [5.41, 5.74) is 0.860. The van der Waals surface area contributed by atoms with Gasteiger partial charge in [0.15, 0.2) is 0 Å². The summed E-state index contributed by atoms with van der Waals surface area (Å²) in [6.07, 6.45) is 6.15. The molecule has 0 aromatic carbocycles. The molecule has 0 saturated heterocycles. The molecule has 1 aromatic heterocycles. The first-order valence-corrected chi connectivity index (χ1v) is 8.65. The van der Waals surface area contributed by atoms with E-state index < -0.39 is 5.60 Å². The summed E-state index contributed by atoms with van der Waals surface area (Å²) in [5, 5.41) is 2.96. The lowest BCUT2D eigenvalue weighted by Gasteiger charge is -2.28. The molecule has 1 aliphatic rings. The van der Waals surface area contributed by atoms with E-state index in [1.807, 2.05) is 13.0 Å². The van der Waals surface area contributed by atoms with E-state index in [0.717, 1.165) is 37.7 Å². The van der Waals surface area contributed by atoms with Crippen molar-refractivity contribution in [2.45, 2.75) is 51.6 Å². The first-order valence-electron chi connectivity index (χ1n) is 8.65. The van der Waals surface area contributed by atoms with Gasteiger partial charge in [-0.25, -0.2) is 4.98 Å². The Morgan fingerprint density at radius 1 is 1.29 bits per heavy atom. The molecule has 0 bridgehead atoms. The largest absolute Gasteiger partial charge is 0.475 e. The molecule has 0 radical (unpaired) electrons. The molecule has 1 aliphatic carbocycles. The summed E-state index contributed by atoms with van der Waals surface area (Å²) in [6, 6.07) is 1.87. The van der Waals surface area contributed by atoms with Gasteiger partial charge in [0.05, 0.1) is 18.5 Å². The standard InChI is InChI=1S/C18H28N2O4/c1-4-9-24-18(7-5-6-8-18)17(21)20-15-12-14(2)16(19-13-15)23-11-10-22-3/h12-13H,4-11H2,1-3H3,(H,20,21). The van der Waals surface area contributed by atoms with E-state index >= 15 is 0 Å². The van der Waals surface area contributed by atoms with Crippen molar-refractivity contribution in [3.05, 3.63) is 17.8 Å². The molecule has 1 aromatic rings. The van der Waals surface area contributed by atoms with E-state index in [4.69, 9.17) is 14.2 Å². The van der Waals surface area contributed by atoms with Crippen LogP contribution in [0, 0.1) is 6.92 Å². The van der Waals surface area contributed by atoms with E-state index in [0.29, 0.717) is 31.4 Å². The Morgan fingerprint density at radius 2 is 2.04 bits per heavy atom. The lowest BCUT2D eigenvalue weighted by atomic mass is 10.0. The predicted octanol–water partition coefficient (Wildman–Crippen LogP) is 3.09. The van der Waals surface area contributed by atoms with Crippen LogP contribution >= 0.6 is 0 Å². The Hall–Kier alpha value is -1.66. The topological polar surface area (TPSA) is 69.7 Å². The molecule has 1 saturated carbocycles. The Labute approximate surface area is 143 Å². The number of carbonyl (C=O) groups is 1. The maximum Gasteiger partial charge on any atom is 0.256 e. The Morgan fingerprint density at radius 3 is 2.67 bits per heavy atom. The van der Waals surface area contributed by atoms with Crippen LogP contribution in [0.15, 0.2) is 12.3 Å². The van der Waals surface area contributed by atoms with Crippen molar-refractivity contribution < 1.29 is 19.0 Å². The van der Waals surface area contributed by atoms with Crippen molar-refractivity contribution in [3.8, 4) is 5.88 Å². The zero-order chi connectivity index (χ0) is 17.4. The summed E-state index contributed by atoms with van der Waals surface area (Å²) in [5.74, 6) is 0.491. The van der Waals surface area contributed by atoms with E-state index in [1.54, 1.807) is 13.3 Å². The number of nitrogens with zero attached hydrogens (tertiary/aromatic N) is 1. The van der Waals surface area contributed by atoms with Crippen LogP contribution in [0.5, 0.6) is 5.88 Å². The van der Waals surface area contributed by atoms with Gasteiger partial charge in [0, 0.05) is 19.3 Å². The highest BCUT2D eigenvalue weighted by Gasteiger charge is 2.42. The van der Waals surface area contributed by atoms with E-state index in [1.165, 1.54) is 0 Å². The van der Waals surface area contributed by atoms with Gasteiger partial charge in [-0.1, -0.05) is 6.92 Å². The first kappa shape index (κ1) is 18.7. The van der Waals surface area contributed by atoms with Gasteiger partial charge in [0.1, 0.15) is 12.2 Å². The third-order valence-electron chi connectivity index (χ3n) is 4.22. The van der Waals surface area contributed by atoms with Crippen LogP contribution in [0.3, 0.4) is 0 Å². The molecule has 0 spiro atoms. The number of hydrogen-bond acceptors (Lipinski definition) is 5. The molecular weight excluding hydrogens is 308 g/mol. The molecule has 0 atom stereocenters. The molecule has 2 rings (SSSR count). The van der Waals surface area contributed by atoms with Gasteiger partial charge in [0.25, 0.3) is 5.91 Å². The first-order chi connectivity index (χ1) is 11.6. The molecular formula is C18H28N2O4. The minimum Gasteiger partial charge on any atom is -0.475 e. The highest BCUT2D eigenvalue weighted by atomic mass is 16.5. The second-order valence-corrected chi connectivity index (χ2v) is 6.19. The van der Waals surface area contributed by atoms with Gasteiger partial charge in [-0.2, -0.15) is 0 Å². The Kier molecular flexibility index (Phi) is 6.99. The second kappa shape index (κ2) is 8.99. The Balaban J connectivity index is 2.01. The van der Waals surface area contributed by atoms with Crippen molar-refractivity contribution in [1.29, 1.82) is 0 Å². The fraction of sp³-hybridized carbons (Fsp3) is 0.667. The third kappa shape index (κ3) is 4.68. The van der Waals surface area contributed by atoms with Crippen LogP contribution in [0.25, 0.3) is 0 Å². The summed E-state index contributed by atoms with van der Waals surface area (Å²) in [4.78, 5) is 17.0. The van der Waals surface area contributed by atoms with Crippen LogP contribution in [-0.4, -0.2) is 43.4 Å². The number of aromatic nitrogens is 1. The summed E-state index contributed by atoms with van der Waals surface area (Å²) < 4.78 is 16.4. The molecule has 0 aliphatic heterocycles. The average molecular weight is 336 g/mol. The number of pyridine rings is 1. The van der Waals surface area contributed by atoms with E-state index in [2.05, 4.69) is 17.2 Å². The van der Waals surface area contributed by atoms with Gasteiger partial charge in [0.2, 0.25) is 5.88 Å². The smallest absolute Gasteiger partial charge is 0.256 e. The number of ether oxygens (including phenoxy) is 3. The fourth-order valence-corrected chi connectivity index (χ4v) is 2.93. The van der Waals surface area contributed by atoms with Gasteiger partial charge in [-0.15, -0.1) is 0 Å². The Bertz CT molecular complexity index is 542. The predicted molar refractivity (Wildman–Crippen MR) is 92.4 cm³/mol. The highest BCUT2D eigenvalue weighted by molar-refractivity contribution is 5.97. The summed E-state index contributed by atoms with van der Waals surface area (Å²) >= 11 is 0. The molecule has 24 heavy (non-hydrogen) atoms. The van der Waals surface area contributed by atoms with Crippen molar-refractivity contribution in [3.63, 3.8) is 0 Å². The zero-order valence-corrected chi connectivity index (χ0v) is 14.9. The monoisotopic (exact) mass is 336 g/mol. The zero-order valence-electron chi connectivity index (χ0n) is 14.9. The number of amides is 1. The number of methoxy groups -OCH3 is 1. The van der Waals surface area contributed by atoms with Crippen LogP contribution in [0.4, 0.5) is 5.69 Å². The normalized spacial score (nSPS) is 16.1.